The third kappa shape index (κ3) is 2.38. The van der Waals surface area contributed by atoms with Gasteiger partial charge in [0.25, 0.3) is 0 Å². The van der Waals surface area contributed by atoms with Gasteiger partial charge < -0.3 is 10.2 Å². The average molecular weight is 255 g/mol. The van der Waals surface area contributed by atoms with Crippen LogP contribution >= 0.6 is 23.1 Å². The molecule has 2 N–H and O–H groups in total. The Morgan fingerprint density at radius 1 is 1.25 bits per heavy atom. The van der Waals surface area contributed by atoms with Gasteiger partial charge in [-0.3, -0.25) is 0 Å². The topological polar surface area (TPSA) is 64.9 Å². The lowest BCUT2D eigenvalue weighted by Gasteiger charge is -1.94. The molecule has 0 aromatic carbocycles. The van der Waals surface area contributed by atoms with Crippen molar-refractivity contribution in [2.24, 2.45) is 0 Å². The molecule has 86 valence electrons. The monoisotopic (exact) mass is 255 g/mol. The van der Waals surface area contributed by atoms with Gasteiger partial charge in [-0.25, -0.2) is 9.97 Å². The van der Waals surface area contributed by atoms with Crippen LogP contribution in [0.25, 0.3) is 0 Å². The molecule has 0 fully saturated rings. The number of hydrogen-bond donors (Lipinski definition) is 1. The molecule has 4 nitrogen and oxygen atoms in total. The van der Waals surface area contributed by atoms with E-state index in [1.165, 1.54) is 11.3 Å². The lowest BCUT2D eigenvalue weighted by Crippen LogP contribution is -1.81. The zero-order valence-electron chi connectivity index (χ0n) is 9.40. The van der Waals surface area contributed by atoms with E-state index < -0.39 is 0 Å². The van der Waals surface area contributed by atoms with Crippen molar-refractivity contribution >= 4 is 28.2 Å². The van der Waals surface area contributed by atoms with Crippen LogP contribution in [0.15, 0.2) is 8.63 Å². The van der Waals surface area contributed by atoms with Crippen LogP contribution in [0, 0.1) is 20.8 Å². The third-order valence-corrected chi connectivity index (χ3v) is 4.50. The van der Waals surface area contributed by atoms with Crippen LogP contribution in [0.1, 0.15) is 23.0 Å². The summed E-state index contributed by atoms with van der Waals surface area (Å²) in [6.07, 6.45) is 0. The lowest BCUT2D eigenvalue weighted by atomic mass is 10.4. The van der Waals surface area contributed by atoms with Crippen molar-refractivity contribution in [1.82, 2.24) is 9.97 Å². The number of aromatic nitrogens is 2. The van der Waals surface area contributed by atoms with Gasteiger partial charge in [-0.1, -0.05) is 11.3 Å². The van der Waals surface area contributed by atoms with Crippen LogP contribution in [0.5, 0.6) is 0 Å². The SMILES string of the molecule is Cc1nc(CSc2sc(N)nc2C)oc1C. The molecule has 0 unspecified atom stereocenters. The second-order valence-corrected chi connectivity index (χ2v) is 5.74. The molecule has 0 bridgehead atoms. The van der Waals surface area contributed by atoms with Gasteiger partial charge in [0.15, 0.2) is 5.13 Å². The highest BCUT2D eigenvalue weighted by molar-refractivity contribution is 8.00. The van der Waals surface area contributed by atoms with Crippen LogP contribution in [0.3, 0.4) is 0 Å². The molecule has 0 atom stereocenters. The number of nitrogen functional groups attached to an aromatic ring is 1. The van der Waals surface area contributed by atoms with Crippen molar-refractivity contribution in [2.45, 2.75) is 30.7 Å². The first-order valence-corrected chi connectivity index (χ1v) is 6.65. The molecule has 2 rings (SSSR count). The average Bonchev–Trinajstić information content (AvgIpc) is 2.68. The molecule has 2 aromatic heterocycles. The molecular formula is C10H13N3OS2. The van der Waals surface area contributed by atoms with E-state index in [0.29, 0.717) is 5.13 Å². The van der Waals surface area contributed by atoms with E-state index >= 15 is 0 Å². The number of aryl methyl sites for hydroxylation is 3. The predicted octanol–water partition coefficient (Wildman–Crippen LogP) is 2.93. The van der Waals surface area contributed by atoms with E-state index in [9.17, 15) is 0 Å². The van der Waals surface area contributed by atoms with Gasteiger partial charge in [-0.15, -0.1) is 11.8 Å². The summed E-state index contributed by atoms with van der Waals surface area (Å²) in [6, 6.07) is 0. The zero-order valence-corrected chi connectivity index (χ0v) is 11.0. The Hall–Kier alpha value is -1.01. The van der Waals surface area contributed by atoms with Crippen LogP contribution < -0.4 is 5.73 Å². The Morgan fingerprint density at radius 3 is 2.50 bits per heavy atom. The maximum atomic E-state index is 5.63. The van der Waals surface area contributed by atoms with Crippen molar-refractivity contribution in [2.75, 3.05) is 5.73 Å². The normalized spacial score (nSPS) is 10.9. The smallest absolute Gasteiger partial charge is 0.205 e. The van der Waals surface area contributed by atoms with Gasteiger partial charge in [0.1, 0.15) is 5.76 Å². The number of hydrogen-bond acceptors (Lipinski definition) is 6. The highest BCUT2D eigenvalue weighted by Gasteiger charge is 2.10. The number of thiazole rings is 1. The minimum atomic E-state index is 0.611. The third-order valence-electron chi connectivity index (χ3n) is 2.17. The van der Waals surface area contributed by atoms with E-state index in [-0.39, 0.29) is 0 Å². The summed E-state index contributed by atoms with van der Waals surface area (Å²) in [6.45, 7) is 5.83. The zero-order chi connectivity index (χ0) is 11.7. The van der Waals surface area contributed by atoms with Gasteiger partial charge in [0.05, 0.1) is 21.3 Å². The Labute approximate surface area is 102 Å². The molecule has 0 amide bonds. The molecule has 0 spiro atoms. The molecular weight excluding hydrogens is 242 g/mol. The highest BCUT2D eigenvalue weighted by Crippen LogP contribution is 2.32. The molecule has 16 heavy (non-hydrogen) atoms. The summed E-state index contributed by atoms with van der Waals surface area (Å²) in [5, 5.41) is 0.611. The fourth-order valence-corrected chi connectivity index (χ4v) is 3.13. The number of thioether (sulfide) groups is 1. The van der Waals surface area contributed by atoms with Gasteiger partial charge in [-0.05, 0) is 20.8 Å². The van der Waals surface area contributed by atoms with E-state index in [2.05, 4.69) is 9.97 Å². The summed E-state index contributed by atoms with van der Waals surface area (Å²) in [7, 11) is 0. The van der Waals surface area contributed by atoms with Gasteiger partial charge in [0, 0.05) is 0 Å². The molecule has 0 saturated carbocycles. The molecule has 2 aromatic rings. The number of oxazole rings is 1. The maximum absolute atomic E-state index is 5.63. The van der Waals surface area contributed by atoms with Crippen LogP contribution in [0.4, 0.5) is 5.13 Å². The lowest BCUT2D eigenvalue weighted by molar-refractivity contribution is 0.490. The van der Waals surface area contributed by atoms with E-state index in [1.54, 1.807) is 11.8 Å². The summed E-state index contributed by atoms with van der Waals surface area (Å²) < 4.78 is 6.63. The number of anilines is 1. The van der Waals surface area contributed by atoms with Crippen molar-refractivity contribution in [3.8, 4) is 0 Å². The van der Waals surface area contributed by atoms with Crippen molar-refractivity contribution in [1.29, 1.82) is 0 Å². The van der Waals surface area contributed by atoms with E-state index in [0.717, 1.165) is 33.0 Å². The number of rotatable bonds is 3. The molecule has 0 radical (unpaired) electrons. The second-order valence-electron chi connectivity index (χ2n) is 3.46. The van der Waals surface area contributed by atoms with Gasteiger partial charge >= 0.3 is 0 Å². The first kappa shape index (κ1) is 11.5. The summed E-state index contributed by atoms with van der Waals surface area (Å²) in [4.78, 5) is 8.50. The number of nitrogens with two attached hydrogens (primary N) is 1. The maximum Gasteiger partial charge on any atom is 0.205 e. The molecule has 6 heteroatoms. The summed E-state index contributed by atoms with van der Waals surface area (Å²) in [5.74, 6) is 2.36. The van der Waals surface area contributed by atoms with E-state index in [1.807, 2.05) is 20.8 Å². The van der Waals surface area contributed by atoms with Crippen LogP contribution in [-0.2, 0) is 5.75 Å². The summed E-state index contributed by atoms with van der Waals surface area (Å²) in [5.41, 5.74) is 7.57. The van der Waals surface area contributed by atoms with Gasteiger partial charge in [-0.2, -0.15) is 0 Å². The fourth-order valence-electron chi connectivity index (χ4n) is 1.26. The Bertz CT molecular complexity index is 485. The Balaban J connectivity index is 2.04. The minimum Gasteiger partial charge on any atom is -0.445 e. The van der Waals surface area contributed by atoms with Crippen molar-refractivity contribution in [3.05, 3.63) is 23.0 Å². The largest absolute Gasteiger partial charge is 0.445 e. The second kappa shape index (κ2) is 4.47. The Morgan fingerprint density at radius 2 is 2.00 bits per heavy atom. The first-order chi connectivity index (χ1) is 7.56. The first-order valence-electron chi connectivity index (χ1n) is 4.85. The molecule has 0 saturated heterocycles. The molecule has 0 aliphatic rings. The molecule has 0 aliphatic carbocycles. The fraction of sp³-hybridized carbons (Fsp3) is 0.400. The number of nitrogens with zero attached hydrogens (tertiary/aromatic N) is 2. The van der Waals surface area contributed by atoms with Gasteiger partial charge in [0.2, 0.25) is 5.89 Å². The van der Waals surface area contributed by atoms with Crippen molar-refractivity contribution < 1.29 is 4.42 Å². The highest BCUT2D eigenvalue weighted by atomic mass is 32.2. The van der Waals surface area contributed by atoms with Crippen LogP contribution in [0.2, 0.25) is 0 Å². The van der Waals surface area contributed by atoms with Crippen LogP contribution in [-0.4, -0.2) is 9.97 Å². The minimum absolute atomic E-state index is 0.611. The molecule has 0 aliphatic heterocycles. The Kier molecular flexibility index (Phi) is 3.20. The standard InChI is InChI=1S/C10H13N3OS2/c1-5-7(3)14-8(12-5)4-15-9-6(2)13-10(11)16-9/h4H2,1-3H3,(H2,11,13). The summed E-state index contributed by atoms with van der Waals surface area (Å²) >= 11 is 3.17. The quantitative estimate of drug-likeness (QED) is 0.854. The predicted molar refractivity (Wildman–Crippen MR) is 66.8 cm³/mol. The molecule has 2 heterocycles. The van der Waals surface area contributed by atoms with E-state index in [4.69, 9.17) is 10.2 Å². The van der Waals surface area contributed by atoms with Crippen molar-refractivity contribution in [3.63, 3.8) is 0 Å².